The summed E-state index contributed by atoms with van der Waals surface area (Å²) in [5.74, 6) is 1.31. The highest BCUT2D eigenvalue weighted by Crippen LogP contribution is 2.27. The minimum atomic E-state index is -3.25. The van der Waals surface area contributed by atoms with Crippen molar-refractivity contribution in [3.8, 4) is 0 Å². The van der Waals surface area contributed by atoms with E-state index in [-0.39, 0.29) is 5.75 Å². The van der Waals surface area contributed by atoms with Crippen LogP contribution in [0.3, 0.4) is 0 Å². The minimum Gasteiger partial charge on any atom is -0.399 e. The Labute approximate surface area is 121 Å². The number of nitrogens with two attached hydrogens (primary N) is 1. The van der Waals surface area contributed by atoms with Crippen LogP contribution in [-0.2, 0) is 15.8 Å². The van der Waals surface area contributed by atoms with Crippen LogP contribution in [0.15, 0.2) is 24.3 Å². The third-order valence-corrected chi connectivity index (χ3v) is 5.38. The van der Waals surface area contributed by atoms with Gasteiger partial charge in [0.25, 0.3) is 0 Å². The first kappa shape index (κ1) is 15.3. The number of nitrogen functional groups attached to an aromatic ring is 1. The average Bonchev–Trinajstić information content (AvgIpc) is 2.41. The minimum absolute atomic E-state index is 0.0242. The lowest BCUT2D eigenvalue weighted by atomic mass is 9.83. The molecule has 1 aliphatic rings. The summed E-state index contributed by atoms with van der Waals surface area (Å²) in [6.07, 6.45) is 4.69. The molecule has 0 saturated heterocycles. The summed E-state index contributed by atoms with van der Waals surface area (Å²) in [6, 6.07) is 6.98. The summed E-state index contributed by atoms with van der Waals surface area (Å²) in [4.78, 5) is 0. The van der Waals surface area contributed by atoms with E-state index < -0.39 is 10.0 Å². The van der Waals surface area contributed by atoms with Gasteiger partial charge in [-0.05, 0) is 42.4 Å². The Bertz CT molecular complexity index is 517. The molecule has 1 aromatic carbocycles. The van der Waals surface area contributed by atoms with Crippen molar-refractivity contribution in [2.24, 2.45) is 11.8 Å². The first-order chi connectivity index (χ1) is 9.44. The molecule has 2 rings (SSSR count). The zero-order chi connectivity index (χ0) is 14.6. The van der Waals surface area contributed by atoms with Crippen LogP contribution in [0.1, 0.15) is 38.2 Å². The van der Waals surface area contributed by atoms with Crippen molar-refractivity contribution in [3.05, 3.63) is 29.8 Å². The van der Waals surface area contributed by atoms with Gasteiger partial charge >= 0.3 is 0 Å². The summed E-state index contributed by atoms with van der Waals surface area (Å²) in [5, 5.41) is 0. The number of rotatable bonds is 5. The van der Waals surface area contributed by atoms with Crippen molar-refractivity contribution in [1.29, 1.82) is 0 Å². The molecule has 0 heterocycles. The maximum atomic E-state index is 12.0. The Hall–Kier alpha value is -1.07. The smallest absolute Gasteiger partial charge is 0.215 e. The maximum Gasteiger partial charge on any atom is 0.215 e. The quantitative estimate of drug-likeness (QED) is 0.820. The van der Waals surface area contributed by atoms with Crippen LogP contribution in [0.25, 0.3) is 0 Å². The molecular weight excluding hydrogens is 272 g/mol. The van der Waals surface area contributed by atoms with E-state index >= 15 is 0 Å². The van der Waals surface area contributed by atoms with E-state index in [1.165, 1.54) is 12.8 Å². The lowest BCUT2D eigenvalue weighted by Gasteiger charge is -2.26. The topological polar surface area (TPSA) is 72.2 Å². The Kier molecular flexibility index (Phi) is 5.05. The van der Waals surface area contributed by atoms with Crippen molar-refractivity contribution in [2.75, 3.05) is 12.3 Å². The van der Waals surface area contributed by atoms with Crippen LogP contribution >= 0.6 is 0 Å². The average molecular weight is 296 g/mol. The number of nitrogens with one attached hydrogen (secondary N) is 1. The lowest BCUT2D eigenvalue weighted by Crippen LogP contribution is -2.32. The van der Waals surface area contributed by atoms with E-state index in [9.17, 15) is 8.42 Å². The normalized spacial score (nSPS) is 23.6. The van der Waals surface area contributed by atoms with Gasteiger partial charge in [0, 0.05) is 12.2 Å². The molecular formula is C15H24N2O2S. The molecule has 20 heavy (non-hydrogen) atoms. The SMILES string of the molecule is CC1CCC(CNS(=O)(=O)Cc2ccc(N)cc2)CC1. The molecule has 0 radical (unpaired) electrons. The molecule has 112 valence electrons. The fourth-order valence-corrected chi connectivity index (χ4v) is 3.89. The van der Waals surface area contributed by atoms with Crippen molar-refractivity contribution in [2.45, 2.75) is 38.4 Å². The van der Waals surface area contributed by atoms with Crippen LogP contribution < -0.4 is 10.5 Å². The fourth-order valence-electron chi connectivity index (χ4n) is 2.66. The summed E-state index contributed by atoms with van der Waals surface area (Å²) >= 11 is 0. The monoisotopic (exact) mass is 296 g/mol. The van der Waals surface area contributed by atoms with Crippen LogP contribution in [0.5, 0.6) is 0 Å². The zero-order valence-electron chi connectivity index (χ0n) is 12.0. The largest absolute Gasteiger partial charge is 0.399 e. The van der Waals surface area contributed by atoms with Gasteiger partial charge in [0.2, 0.25) is 10.0 Å². The van der Waals surface area contributed by atoms with Gasteiger partial charge in [-0.15, -0.1) is 0 Å². The van der Waals surface area contributed by atoms with Crippen LogP contribution in [0.4, 0.5) is 5.69 Å². The van der Waals surface area contributed by atoms with Crippen LogP contribution in [0.2, 0.25) is 0 Å². The van der Waals surface area contributed by atoms with Crippen molar-refractivity contribution >= 4 is 15.7 Å². The van der Waals surface area contributed by atoms with Crippen LogP contribution in [0, 0.1) is 11.8 Å². The predicted molar refractivity (Wildman–Crippen MR) is 82.6 cm³/mol. The molecule has 0 aliphatic heterocycles. The van der Waals surface area contributed by atoms with Gasteiger partial charge in [-0.25, -0.2) is 13.1 Å². The van der Waals surface area contributed by atoms with E-state index in [4.69, 9.17) is 5.73 Å². The summed E-state index contributed by atoms with van der Waals surface area (Å²) in [7, 11) is -3.25. The van der Waals surface area contributed by atoms with Gasteiger partial charge in [0.05, 0.1) is 5.75 Å². The second-order valence-electron chi connectivity index (χ2n) is 5.98. The summed E-state index contributed by atoms with van der Waals surface area (Å²) < 4.78 is 26.8. The molecule has 1 fully saturated rings. The van der Waals surface area contributed by atoms with Gasteiger partial charge in [-0.3, -0.25) is 0 Å². The zero-order valence-corrected chi connectivity index (χ0v) is 12.8. The standard InChI is InChI=1S/C15H24N2O2S/c1-12-2-4-13(5-3-12)10-17-20(18,19)11-14-6-8-15(16)9-7-14/h6-9,12-13,17H,2-5,10-11,16H2,1H3. The van der Waals surface area contributed by atoms with E-state index in [2.05, 4.69) is 11.6 Å². The molecule has 1 saturated carbocycles. The highest BCUT2D eigenvalue weighted by Gasteiger charge is 2.20. The highest BCUT2D eigenvalue weighted by molar-refractivity contribution is 7.88. The number of anilines is 1. The van der Waals surface area contributed by atoms with E-state index in [1.54, 1.807) is 24.3 Å². The van der Waals surface area contributed by atoms with Gasteiger partial charge in [-0.1, -0.05) is 31.9 Å². The predicted octanol–water partition coefficient (Wildman–Crippen LogP) is 2.51. The van der Waals surface area contributed by atoms with E-state index in [0.717, 1.165) is 24.3 Å². The maximum absolute atomic E-state index is 12.0. The highest BCUT2D eigenvalue weighted by atomic mass is 32.2. The fraction of sp³-hybridized carbons (Fsp3) is 0.600. The Morgan fingerprint density at radius 3 is 2.35 bits per heavy atom. The second-order valence-corrected chi connectivity index (χ2v) is 7.78. The van der Waals surface area contributed by atoms with Crippen molar-refractivity contribution < 1.29 is 8.42 Å². The number of hydrogen-bond donors (Lipinski definition) is 2. The second kappa shape index (κ2) is 6.59. The Morgan fingerprint density at radius 2 is 1.75 bits per heavy atom. The number of sulfonamides is 1. The Balaban J connectivity index is 1.83. The molecule has 1 aromatic rings. The molecule has 3 N–H and O–H groups in total. The summed E-state index contributed by atoms with van der Waals surface area (Å²) in [6.45, 7) is 2.84. The van der Waals surface area contributed by atoms with E-state index in [0.29, 0.717) is 18.2 Å². The van der Waals surface area contributed by atoms with Gasteiger partial charge in [0.1, 0.15) is 0 Å². The third kappa shape index (κ3) is 4.80. The van der Waals surface area contributed by atoms with Crippen molar-refractivity contribution in [3.63, 3.8) is 0 Å². The summed E-state index contributed by atoms with van der Waals surface area (Å²) in [5.41, 5.74) is 7.01. The molecule has 0 bridgehead atoms. The number of hydrogen-bond acceptors (Lipinski definition) is 3. The van der Waals surface area contributed by atoms with Crippen molar-refractivity contribution in [1.82, 2.24) is 4.72 Å². The molecule has 0 unspecified atom stereocenters. The molecule has 4 nitrogen and oxygen atoms in total. The van der Waals surface area contributed by atoms with Gasteiger partial charge < -0.3 is 5.73 Å². The molecule has 0 atom stereocenters. The molecule has 0 spiro atoms. The van der Waals surface area contributed by atoms with E-state index in [1.807, 2.05) is 0 Å². The Morgan fingerprint density at radius 1 is 1.15 bits per heavy atom. The lowest BCUT2D eigenvalue weighted by molar-refractivity contribution is 0.290. The molecule has 0 amide bonds. The number of benzene rings is 1. The first-order valence-electron chi connectivity index (χ1n) is 7.26. The third-order valence-electron chi connectivity index (χ3n) is 4.06. The first-order valence-corrected chi connectivity index (χ1v) is 8.91. The van der Waals surface area contributed by atoms with Gasteiger partial charge in [-0.2, -0.15) is 0 Å². The molecule has 0 aromatic heterocycles. The molecule has 5 heteroatoms. The van der Waals surface area contributed by atoms with Gasteiger partial charge in [0.15, 0.2) is 0 Å². The molecule has 1 aliphatic carbocycles. The van der Waals surface area contributed by atoms with Crippen LogP contribution in [-0.4, -0.2) is 15.0 Å².